The highest BCUT2D eigenvalue weighted by Crippen LogP contribution is 2.35. The van der Waals surface area contributed by atoms with Crippen molar-refractivity contribution < 1.29 is 18.3 Å². The fraction of sp³-hybridized carbons (Fsp3) is 0.600. The molecular weight excluding hydrogens is 264 g/mol. The second-order valence-corrected chi connectivity index (χ2v) is 5.07. The summed E-state index contributed by atoms with van der Waals surface area (Å²) >= 11 is 0. The van der Waals surface area contributed by atoms with Crippen molar-refractivity contribution in [3.8, 4) is 11.5 Å². The summed E-state index contributed by atoms with van der Waals surface area (Å²) in [6.07, 6.45) is 1.93. The molecule has 0 aromatic heterocycles. The number of rotatable bonds is 6. The molecule has 1 aromatic carbocycles. The van der Waals surface area contributed by atoms with Crippen LogP contribution in [0.3, 0.4) is 0 Å². The van der Waals surface area contributed by atoms with Crippen LogP contribution in [-0.2, 0) is 0 Å². The SMILES string of the molecule is CCCN(CCC)CC1COc2c(F)cc(F)cc2O1. The molecule has 0 bridgehead atoms. The molecule has 1 aliphatic heterocycles. The van der Waals surface area contributed by atoms with Gasteiger partial charge in [0.25, 0.3) is 0 Å². The monoisotopic (exact) mass is 285 g/mol. The van der Waals surface area contributed by atoms with Gasteiger partial charge in [-0.15, -0.1) is 0 Å². The number of halogens is 2. The Balaban J connectivity index is 2.03. The van der Waals surface area contributed by atoms with Crippen molar-refractivity contribution in [3.05, 3.63) is 23.8 Å². The average Bonchev–Trinajstić information content (AvgIpc) is 2.38. The van der Waals surface area contributed by atoms with E-state index in [2.05, 4.69) is 18.7 Å². The van der Waals surface area contributed by atoms with E-state index in [-0.39, 0.29) is 17.6 Å². The Morgan fingerprint density at radius 2 is 1.90 bits per heavy atom. The van der Waals surface area contributed by atoms with Gasteiger partial charge >= 0.3 is 0 Å². The van der Waals surface area contributed by atoms with Gasteiger partial charge in [0, 0.05) is 18.7 Å². The van der Waals surface area contributed by atoms with Gasteiger partial charge in [-0.1, -0.05) is 13.8 Å². The molecule has 112 valence electrons. The van der Waals surface area contributed by atoms with Crippen molar-refractivity contribution >= 4 is 0 Å². The third-order valence-corrected chi connectivity index (χ3v) is 3.22. The van der Waals surface area contributed by atoms with Crippen molar-refractivity contribution in [3.63, 3.8) is 0 Å². The molecule has 0 aliphatic carbocycles. The third-order valence-electron chi connectivity index (χ3n) is 3.22. The maximum Gasteiger partial charge on any atom is 0.197 e. The lowest BCUT2D eigenvalue weighted by molar-refractivity contribution is 0.0551. The molecule has 20 heavy (non-hydrogen) atoms. The molecule has 1 atom stereocenters. The minimum Gasteiger partial charge on any atom is -0.483 e. The summed E-state index contributed by atoms with van der Waals surface area (Å²) in [7, 11) is 0. The molecule has 3 nitrogen and oxygen atoms in total. The van der Waals surface area contributed by atoms with E-state index in [0.29, 0.717) is 13.2 Å². The zero-order valence-corrected chi connectivity index (χ0v) is 12.0. The molecule has 1 unspecified atom stereocenters. The minimum absolute atomic E-state index is 0.0141. The van der Waals surface area contributed by atoms with E-state index in [0.717, 1.165) is 32.0 Å². The molecule has 1 aromatic rings. The predicted octanol–water partition coefficient (Wildman–Crippen LogP) is 3.23. The van der Waals surface area contributed by atoms with Crippen molar-refractivity contribution in [1.82, 2.24) is 4.90 Å². The van der Waals surface area contributed by atoms with Crippen LogP contribution in [0, 0.1) is 11.6 Å². The molecule has 0 saturated heterocycles. The molecule has 0 N–H and O–H groups in total. The number of hydrogen-bond acceptors (Lipinski definition) is 3. The molecular formula is C15H21F2NO2. The van der Waals surface area contributed by atoms with E-state index in [4.69, 9.17) is 9.47 Å². The highest BCUT2D eigenvalue weighted by molar-refractivity contribution is 5.42. The lowest BCUT2D eigenvalue weighted by Gasteiger charge is -2.31. The summed E-state index contributed by atoms with van der Waals surface area (Å²) in [5.74, 6) is -1.19. The normalized spacial score (nSPS) is 17.6. The van der Waals surface area contributed by atoms with Crippen LogP contribution in [-0.4, -0.2) is 37.2 Å². The van der Waals surface area contributed by atoms with Crippen LogP contribution in [0.15, 0.2) is 12.1 Å². The zero-order valence-electron chi connectivity index (χ0n) is 12.0. The van der Waals surface area contributed by atoms with E-state index < -0.39 is 11.6 Å². The van der Waals surface area contributed by atoms with Crippen LogP contribution in [0.4, 0.5) is 8.78 Å². The molecule has 1 aliphatic rings. The summed E-state index contributed by atoms with van der Waals surface area (Å²) < 4.78 is 37.8. The molecule has 1 heterocycles. The van der Waals surface area contributed by atoms with Crippen LogP contribution in [0.25, 0.3) is 0 Å². The fourth-order valence-corrected chi connectivity index (χ4v) is 2.46. The Morgan fingerprint density at radius 1 is 1.20 bits per heavy atom. The van der Waals surface area contributed by atoms with Gasteiger partial charge in [0.1, 0.15) is 18.5 Å². The van der Waals surface area contributed by atoms with Gasteiger partial charge in [-0.25, -0.2) is 8.78 Å². The summed E-state index contributed by atoms with van der Waals surface area (Å²) in [4.78, 5) is 2.29. The van der Waals surface area contributed by atoms with Crippen molar-refractivity contribution in [2.45, 2.75) is 32.8 Å². The maximum absolute atomic E-state index is 13.5. The van der Waals surface area contributed by atoms with Gasteiger partial charge in [-0.05, 0) is 25.9 Å². The van der Waals surface area contributed by atoms with Gasteiger partial charge < -0.3 is 9.47 Å². The van der Waals surface area contributed by atoms with Crippen LogP contribution in [0.2, 0.25) is 0 Å². The molecule has 0 fully saturated rings. The quantitative estimate of drug-likeness (QED) is 0.801. The smallest absolute Gasteiger partial charge is 0.197 e. The van der Waals surface area contributed by atoms with E-state index in [1.165, 1.54) is 6.07 Å². The first kappa shape index (κ1) is 15.0. The lowest BCUT2D eigenvalue weighted by Crippen LogP contribution is -2.41. The molecule has 0 saturated carbocycles. The van der Waals surface area contributed by atoms with Crippen LogP contribution in [0.1, 0.15) is 26.7 Å². The Morgan fingerprint density at radius 3 is 2.55 bits per heavy atom. The minimum atomic E-state index is -0.711. The Labute approximate surface area is 118 Å². The Kier molecular flexibility index (Phi) is 5.17. The second kappa shape index (κ2) is 6.88. The molecule has 2 rings (SSSR count). The van der Waals surface area contributed by atoms with Crippen LogP contribution >= 0.6 is 0 Å². The summed E-state index contributed by atoms with van der Waals surface area (Å²) in [6, 6.07) is 1.98. The van der Waals surface area contributed by atoms with E-state index in [1.807, 2.05) is 0 Å². The summed E-state index contributed by atoms with van der Waals surface area (Å²) in [6.45, 7) is 7.22. The predicted molar refractivity (Wildman–Crippen MR) is 73.3 cm³/mol. The number of benzene rings is 1. The highest BCUT2D eigenvalue weighted by Gasteiger charge is 2.26. The lowest BCUT2D eigenvalue weighted by atomic mass is 10.2. The first-order chi connectivity index (χ1) is 9.63. The first-order valence-electron chi connectivity index (χ1n) is 7.14. The standard InChI is InChI=1S/C15H21F2NO2/c1-3-5-18(6-4-2)9-12-10-19-15-13(17)7-11(16)8-14(15)20-12/h7-8,12H,3-6,9-10H2,1-2H3. The summed E-state index contributed by atoms with van der Waals surface area (Å²) in [5, 5.41) is 0. The van der Waals surface area contributed by atoms with E-state index in [9.17, 15) is 8.78 Å². The zero-order chi connectivity index (χ0) is 14.5. The number of ether oxygens (including phenoxy) is 2. The van der Waals surface area contributed by atoms with Gasteiger partial charge in [-0.3, -0.25) is 4.90 Å². The van der Waals surface area contributed by atoms with Crippen molar-refractivity contribution in [1.29, 1.82) is 0 Å². The topological polar surface area (TPSA) is 21.7 Å². The molecule has 5 heteroatoms. The van der Waals surface area contributed by atoms with Crippen LogP contribution in [0.5, 0.6) is 11.5 Å². The maximum atomic E-state index is 13.5. The molecule has 0 spiro atoms. The second-order valence-electron chi connectivity index (χ2n) is 5.07. The van der Waals surface area contributed by atoms with Gasteiger partial charge in [0.15, 0.2) is 17.3 Å². The van der Waals surface area contributed by atoms with Crippen LogP contribution < -0.4 is 9.47 Å². The first-order valence-corrected chi connectivity index (χ1v) is 7.14. The number of nitrogens with zero attached hydrogens (tertiary/aromatic N) is 1. The Hall–Kier alpha value is -1.36. The van der Waals surface area contributed by atoms with Crippen molar-refractivity contribution in [2.75, 3.05) is 26.2 Å². The third kappa shape index (κ3) is 3.60. The molecule has 0 radical (unpaired) electrons. The van der Waals surface area contributed by atoms with Crippen molar-refractivity contribution in [2.24, 2.45) is 0 Å². The van der Waals surface area contributed by atoms with E-state index >= 15 is 0 Å². The highest BCUT2D eigenvalue weighted by atomic mass is 19.1. The van der Waals surface area contributed by atoms with Gasteiger partial charge in [-0.2, -0.15) is 0 Å². The average molecular weight is 285 g/mol. The Bertz CT molecular complexity index is 448. The molecule has 0 amide bonds. The van der Waals surface area contributed by atoms with E-state index in [1.54, 1.807) is 0 Å². The van der Waals surface area contributed by atoms with Gasteiger partial charge in [0.2, 0.25) is 0 Å². The summed E-state index contributed by atoms with van der Waals surface area (Å²) in [5.41, 5.74) is 0. The fourth-order valence-electron chi connectivity index (χ4n) is 2.46. The largest absolute Gasteiger partial charge is 0.483 e. The number of fused-ring (bicyclic) bond motifs is 1. The number of hydrogen-bond donors (Lipinski definition) is 0. The van der Waals surface area contributed by atoms with Gasteiger partial charge in [0.05, 0.1) is 0 Å².